The van der Waals surface area contributed by atoms with E-state index in [0.29, 0.717) is 29.1 Å². The van der Waals surface area contributed by atoms with Crippen molar-refractivity contribution in [3.63, 3.8) is 0 Å². The van der Waals surface area contributed by atoms with Crippen LogP contribution in [0.5, 0.6) is 5.75 Å². The standard InChI is InChI=1S/C21H26N2O3/c1-3-4-5-8-17(20(24)15-11-13-16(26-2)14-12-15)21(25)23-19-10-7-6-9-18(19)22/h6-7,9-14,17H,3-5,8,22H2,1-2H3,(H,23,25). The molecule has 0 saturated carbocycles. The molecule has 2 aromatic rings. The second-order valence-corrected chi connectivity index (χ2v) is 6.22. The van der Waals surface area contributed by atoms with E-state index >= 15 is 0 Å². The van der Waals surface area contributed by atoms with Gasteiger partial charge in [0.2, 0.25) is 5.91 Å². The van der Waals surface area contributed by atoms with Gasteiger partial charge in [-0.1, -0.05) is 38.3 Å². The highest BCUT2D eigenvalue weighted by Gasteiger charge is 2.27. The average molecular weight is 354 g/mol. The summed E-state index contributed by atoms with van der Waals surface area (Å²) in [5.41, 5.74) is 7.40. The molecule has 0 saturated heterocycles. The lowest BCUT2D eigenvalue weighted by molar-refractivity contribution is -0.118. The zero-order chi connectivity index (χ0) is 18.9. The third-order valence-corrected chi connectivity index (χ3v) is 4.32. The van der Waals surface area contributed by atoms with Gasteiger partial charge in [-0.25, -0.2) is 0 Å². The normalized spacial score (nSPS) is 11.6. The molecule has 0 spiro atoms. The first kappa shape index (κ1) is 19.5. The summed E-state index contributed by atoms with van der Waals surface area (Å²) in [7, 11) is 1.57. The number of benzene rings is 2. The maximum Gasteiger partial charge on any atom is 0.235 e. The number of unbranched alkanes of at least 4 members (excludes halogenated alkanes) is 2. The number of nitrogen functional groups attached to an aromatic ring is 1. The lowest BCUT2D eigenvalue weighted by Crippen LogP contribution is -2.30. The first-order valence-corrected chi connectivity index (χ1v) is 8.90. The fourth-order valence-corrected chi connectivity index (χ4v) is 2.77. The fourth-order valence-electron chi connectivity index (χ4n) is 2.77. The van der Waals surface area contributed by atoms with E-state index in [1.807, 2.05) is 0 Å². The van der Waals surface area contributed by atoms with Gasteiger partial charge in [-0.2, -0.15) is 0 Å². The van der Waals surface area contributed by atoms with Crippen LogP contribution in [0.25, 0.3) is 0 Å². The Labute approximate surface area is 154 Å². The number of Topliss-reactive ketones (excluding diaryl/α,β-unsaturated/α-hetero) is 1. The number of nitrogens with one attached hydrogen (secondary N) is 1. The van der Waals surface area contributed by atoms with Crippen LogP contribution >= 0.6 is 0 Å². The van der Waals surface area contributed by atoms with Gasteiger partial charge in [0.05, 0.1) is 18.5 Å². The maximum atomic E-state index is 12.9. The number of rotatable bonds is 9. The van der Waals surface area contributed by atoms with E-state index in [1.165, 1.54) is 0 Å². The number of nitrogens with two attached hydrogens (primary N) is 1. The summed E-state index contributed by atoms with van der Waals surface area (Å²) in [5, 5.41) is 2.80. The van der Waals surface area contributed by atoms with E-state index < -0.39 is 5.92 Å². The summed E-state index contributed by atoms with van der Waals surface area (Å²) in [6.07, 6.45) is 3.34. The van der Waals surface area contributed by atoms with Crippen molar-refractivity contribution in [2.75, 3.05) is 18.2 Å². The quantitative estimate of drug-likeness (QED) is 0.304. The molecule has 0 aromatic heterocycles. The topological polar surface area (TPSA) is 81.4 Å². The molecule has 0 aliphatic carbocycles. The molecule has 0 heterocycles. The van der Waals surface area contributed by atoms with Crippen molar-refractivity contribution in [2.24, 2.45) is 5.92 Å². The van der Waals surface area contributed by atoms with Crippen molar-refractivity contribution in [1.29, 1.82) is 0 Å². The van der Waals surface area contributed by atoms with E-state index in [0.717, 1.165) is 19.3 Å². The molecule has 1 unspecified atom stereocenters. The Morgan fingerprint density at radius 2 is 1.77 bits per heavy atom. The molecule has 1 amide bonds. The molecule has 5 heteroatoms. The average Bonchev–Trinajstić information content (AvgIpc) is 2.66. The van der Waals surface area contributed by atoms with Crippen molar-refractivity contribution in [2.45, 2.75) is 32.6 Å². The largest absolute Gasteiger partial charge is 0.497 e. The van der Waals surface area contributed by atoms with Crippen molar-refractivity contribution in [3.8, 4) is 5.75 Å². The summed E-state index contributed by atoms with van der Waals surface area (Å²) in [4.78, 5) is 25.7. The molecule has 3 N–H and O–H groups in total. The second-order valence-electron chi connectivity index (χ2n) is 6.22. The minimum absolute atomic E-state index is 0.184. The Morgan fingerprint density at radius 1 is 1.08 bits per heavy atom. The summed E-state index contributed by atoms with van der Waals surface area (Å²) in [6, 6.07) is 13.9. The molecule has 2 aromatic carbocycles. The van der Waals surface area contributed by atoms with Gasteiger partial charge in [-0.3, -0.25) is 9.59 Å². The van der Waals surface area contributed by atoms with Crippen LogP contribution in [0, 0.1) is 5.92 Å². The Balaban J connectivity index is 2.19. The van der Waals surface area contributed by atoms with Gasteiger partial charge >= 0.3 is 0 Å². The van der Waals surface area contributed by atoms with E-state index in [1.54, 1.807) is 55.6 Å². The van der Waals surface area contributed by atoms with Crippen LogP contribution in [0.15, 0.2) is 48.5 Å². The zero-order valence-corrected chi connectivity index (χ0v) is 15.3. The number of amides is 1. The van der Waals surface area contributed by atoms with Gasteiger partial charge < -0.3 is 15.8 Å². The molecule has 26 heavy (non-hydrogen) atoms. The Hall–Kier alpha value is -2.82. The Kier molecular flexibility index (Phi) is 7.21. The van der Waals surface area contributed by atoms with Crippen molar-refractivity contribution in [1.82, 2.24) is 0 Å². The van der Waals surface area contributed by atoms with Crippen LogP contribution in [0.3, 0.4) is 0 Å². The summed E-state index contributed by atoms with van der Waals surface area (Å²) >= 11 is 0. The van der Waals surface area contributed by atoms with Gasteiger partial charge in [0, 0.05) is 5.56 Å². The monoisotopic (exact) mass is 354 g/mol. The summed E-state index contributed by atoms with van der Waals surface area (Å²) in [5.74, 6) is -0.573. The van der Waals surface area contributed by atoms with E-state index in [-0.39, 0.29) is 11.7 Å². The molecule has 2 rings (SSSR count). The van der Waals surface area contributed by atoms with Gasteiger partial charge in [0.15, 0.2) is 5.78 Å². The van der Waals surface area contributed by atoms with Gasteiger partial charge in [0.1, 0.15) is 11.7 Å². The fraction of sp³-hybridized carbons (Fsp3) is 0.333. The number of hydrogen-bond donors (Lipinski definition) is 2. The number of carbonyl (C=O) groups excluding carboxylic acids is 2. The van der Waals surface area contributed by atoms with Crippen molar-refractivity contribution >= 4 is 23.1 Å². The third-order valence-electron chi connectivity index (χ3n) is 4.32. The second kappa shape index (κ2) is 9.61. The molecule has 138 valence electrons. The SMILES string of the molecule is CCCCCC(C(=O)Nc1ccccc1N)C(=O)c1ccc(OC)cc1. The number of ketones is 1. The lowest BCUT2D eigenvalue weighted by atomic mass is 9.91. The lowest BCUT2D eigenvalue weighted by Gasteiger charge is -2.17. The first-order chi connectivity index (χ1) is 12.6. The molecule has 0 fully saturated rings. The molecule has 0 aliphatic rings. The van der Waals surface area contributed by atoms with Crippen molar-refractivity contribution in [3.05, 3.63) is 54.1 Å². The maximum absolute atomic E-state index is 12.9. The summed E-state index contributed by atoms with van der Waals surface area (Å²) in [6.45, 7) is 2.09. The van der Waals surface area contributed by atoms with Gasteiger partial charge in [-0.05, 0) is 42.8 Å². The first-order valence-electron chi connectivity index (χ1n) is 8.90. The van der Waals surface area contributed by atoms with E-state index in [2.05, 4.69) is 12.2 Å². The highest BCUT2D eigenvalue weighted by atomic mass is 16.5. The third kappa shape index (κ3) is 5.09. The number of carbonyl (C=O) groups is 2. The minimum Gasteiger partial charge on any atom is -0.497 e. The van der Waals surface area contributed by atoms with Crippen LogP contribution in [0.1, 0.15) is 43.0 Å². The molecule has 0 aliphatic heterocycles. The zero-order valence-electron chi connectivity index (χ0n) is 15.3. The highest BCUT2D eigenvalue weighted by molar-refractivity contribution is 6.14. The molecule has 0 bridgehead atoms. The number of para-hydroxylation sites is 2. The van der Waals surface area contributed by atoms with Crippen LogP contribution in [0.2, 0.25) is 0 Å². The predicted molar refractivity (Wildman–Crippen MR) is 104 cm³/mol. The molecular weight excluding hydrogens is 328 g/mol. The van der Waals surface area contributed by atoms with Crippen LogP contribution in [0.4, 0.5) is 11.4 Å². The predicted octanol–water partition coefficient (Wildman–Crippen LogP) is 4.30. The Bertz CT molecular complexity index is 741. The highest BCUT2D eigenvalue weighted by Crippen LogP contribution is 2.23. The number of hydrogen-bond acceptors (Lipinski definition) is 4. The minimum atomic E-state index is -0.741. The van der Waals surface area contributed by atoms with Crippen LogP contribution < -0.4 is 15.8 Å². The number of methoxy groups -OCH3 is 1. The van der Waals surface area contributed by atoms with Gasteiger partial charge in [-0.15, -0.1) is 0 Å². The Morgan fingerprint density at radius 3 is 2.38 bits per heavy atom. The molecular formula is C21H26N2O3. The number of anilines is 2. The number of ether oxygens (including phenoxy) is 1. The molecule has 5 nitrogen and oxygen atoms in total. The van der Waals surface area contributed by atoms with Gasteiger partial charge in [0.25, 0.3) is 0 Å². The van der Waals surface area contributed by atoms with Crippen LogP contribution in [-0.2, 0) is 4.79 Å². The summed E-state index contributed by atoms with van der Waals surface area (Å²) < 4.78 is 5.12. The van der Waals surface area contributed by atoms with Crippen LogP contribution in [-0.4, -0.2) is 18.8 Å². The van der Waals surface area contributed by atoms with E-state index in [4.69, 9.17) is 10.5 Å². The smallest absolute Gasteiger partial charge is 0.235 e. The van der Waals surface area contributed by atoms with E-state index in [9.17, 15) is 9.59 Å². The molecule has 0 radical (unpaired) electrons. The molecule has 1 atom stereocenters. The van der Waals surface area contributed by atoms with Crippen molar-refractivity contribution < 1.29 is 14.3 Å².